The summed E-state index contributed by atoms with van der Waals surface area (Å²) in [4.78, 5) is -4.66. The highest BCUT2D eigenvalue weighted by atomic mass is 19.4. The van der Waals surface area contributed by atoms with E-state index in [-0.39, 0.29) is 19.0 Å². The number of halogens is 17. The van der Waals surface area contributed by atoms with E-state index in [2.05, 4.69) is 27.7 Å². The summed E-state index contributed by atoms with van der Waals surface area (Å²) in [6.45, 7) is 10.9. The Hall–Kier alpha value is -1.95. The summed E-state index contributed by atoms with van der Waals surface area (Å²) >= 11 is 0. The van der Waals surface area contributed by atoms with Crippen LogP contribution < -0.4 is 4.90 Å². The fourth-order valence-electron chi connectivity index (χ4n) is 9.33. The average molecular weight is 1030 g/mol. The zero-order valence-electron chi connectivity index (χ0n) is 41.9. The molecule has 1 aromatic rings. The predicted molar refractivity (Wildman–Crippen MR) is 245 cm³/mol. The number of nitrogens with one attached hydrogen (secondary N) is 1. The minimum Gasteiger partial charge on any atom is -0.203 e. The highest BCUT2D eigenvalue weighted by molar-refractivity contribution is 6.79. The fourth-order valence-corrected chi connectivity index (χ4v) is 9.33. The first-order chi connectivity index (χ1) is 32.1. The quantitative estimate of drug-likeness (QED) is 0.0221. The normalized spacial score (nSPS) is 13.8. The fraction of sp³-hybridized carbons (Fsp3) is 0.880. The van der Waals surface area contributed by atoms with Gasteiger partial charge >= 0.3 is 36.3 Å². The molecule has 410 valence electrons. The molecule has 0 bridgehead atoms. The molecule has 69 heavy (non-hydrogen) atoms. The number of quaternary nitrogens is 1. The van der Waals surface area contributed by atoms with Crippen LogP contribution in [0.15, 0.2) is 6.07 Å². The number of benzene rings is 1. The number of rotatable bonds is 38. The standard InChI is InChI=1S/C32H68B.C18H14F17N/c1-5-9-13-17-21-25-29-33(30-26-22-18-14-10-6-2,31-27-23-19-15-11-7-3)32-28-24-20-16-12-8-4;1-2-3-4-5-6-13(22,23)15(27,28)17(32,33)36(18(34,35)16(29,30)31)9-7-8(19)11(20)10(12(9)21)14(24,25)26/h5-32H2,1-4H3;7H,2-6H2,1H3/q-1;/p+1. The number of hydrogen-bond donors (Lipinski definition) is 1. The zero-order chi connectivity index (χ0) is 53.0. The van der Waals surface area contributed by atoms with Gasteiger partial charge in [0.15, 0.2) is 23.1 Å². The van der Waals surface area contributed by atoms with E-state index in [1.807, 2.05) is 0 Å². The van der Waals surface area contributed by atoms with Crippen LogP contribution in [0.5, 0.6) is 0 Å². The van der Waals surface area contributed by atoms with Gasteiger partial charge in [-0.2, -0.15) is 78.5 Å². The van der Waals surface area contributed by atoms with Gasteiger partial charge < -0.3 is 0 Å². The van der Waals surface area contributed by atoms with Crippen molar-refractivity contribution in [3.63, 3.8) is 0 Å². The summed E-state index contributed by atoms with van der Waals surface area (Å²) in [5.74, 6) is -23.5. The first kappa shape index (κ1) is 67.1. The Bertz CT molecular complexity index is 1410. The molecule has 1 N–H and O–H groups in total. The van der Waals surface area contributed by atoms with E-state index in [1.165, 1.54) is 161 Å². The van der Waals surface area contributed by atoms with Crippen molar-refractivity contribution in [2.45, 2.75) is 282 Å². The van der Waals surface area contributed by atoms with Crippen LogP contribution >= 0.6 is 0 Å². The van der Waals surface area contributed by atoms with E-state index in [9.17, 15) is 74.6 Å². The van der Waals surface area contributed by atoms with Crippen molar-refractivity contribution >= 4 is 11.8 Å². The van der Waals surface area contributed by atoms with Gasteiger partial charge in [0.1, 0.15) is 5.56 Å². The molecular formula is C50H83BF17N. The summed E-state index contributed by atoms with van der Waals surface area (Å²) in [7, 11) is 0. The van der Waals surface area contributed by atoms with Gasteiger partial charge in [-0.25, -0.2) is 8.78 Å². The SMILES string of the molecule is CCCCCCC(F)(F)C(F)(F)C(F)(F)[NH+](c1cc(F)c(F)c(C(F)(F)F)c1F)C(F)(F)C(F)(F)F.CCCCCCCC[B-](CCCCCCCC)(CCCCCCCC)CCCCCCCC. The monoisotopic (exact) mass is 1030 g/mol. The molecule has 0 aliphatic rings. The van der Waals surface area contributed by atoms with Crippen molar-refractivity contribution in [2.75, 3.05) is 0 Å². The van der Waals surface area contributed by atoms with E-state index in [1.54, 1.807) is 25.3 Å². The summed E-state index contributed by atoms with van der Waals surface area (Å²) < 4.78 is 232. The van der Waals surface area contributed by atoms with Crippen molar-refractivity contribution < 1.29 is 79.5 Å². The van der Waals surface area contributed by atoms with E-state index >= 15 is 0 Å². The second-order valence-electron chi connectivity index (χ2n) is 19.5. The molecule has 0 saturated carbocycles. The van der Waals surface area contributed by atoms with Gasteiger partial charge in [-0.15, -0.1) is 17.6 Å². The third-order valence-corrected chi connectivity index (χ3v) is 13.6. The molecule has 0 radical (unpaired) electrons. The topological polar surface area (TPSA) is 4.44 Å². The van der Waals surface area contributed by atoms with Gasteiger partial charge in [0, 0.05) is 18.6 Å². The van der Waals surface area contributed by atoms with Gasteiger partial charge in [0.25, 0.3) is 0 Å². The van der Waals surface area contributed by atoms with Crippen molar-refractivity contribution in [3.8, 4) is 0 Å². The minimum atomic E-state index is -7.45. The largest absolute Gasteiger partial charge is 0.515 e. The van der Waals surface area contributed by atoms with E-state index in [0.29, 0.717) is 6.42 Å². The second kappa shape index (κ2) is 33.0. The molecule has 1 rings (SSSR count). The van der Waals surface area contributed by atoms with Crippen molar-refractivity contribution in [1.82, 2.24) is 0 Å². The van der Waals surface area contributed by atoms with Gasteiger partial charge in [0.05, 0.1) is 0 Å². The zero-order valence-corrected chi connectivity index (χ0v) is 41.9. The lowest BCUT2D eigenvalue weighted by molar-refractivity contribution is -1.04. The maximum atomic E-state index is 14.6. The Morgan fingerprint density at radius 1 is 0.391 bits per heavy atom. The van der Waals surface area contributed by atoms with Crippen LogP contribution in [0.1, 0.15) is 226 Å². The van der Waals surface area contributed by atoms with Crippen LogP contribution in [-0.4, -0.2) is 36.3 Å². The Kier molecular flexibility index (Phi) is 32.1. The average Bonchev–Trinajstić information content (AvgIpc) is 3.25. The maximum Gasteiger partial charge on any atom is 0.515 e. The molecule has 1 aromatic carbocycles. The molecule has 1 atom stereocenters. The molecule has 0 heterocycles. The van der Waals surface area contributed by atoms with Crippen LogP contribution in [0.4, 0.5) is 80.3 Å². The van der Waals surface area contributed by atoms with Crippen LogP contribution in [0.3, 0.4) is 0 Å². The lowest BCUT2D eigenvalue weighted by Gasteiger charge is -2.41. The van der Waals surface area contributed by atoms with E-state index in [4.69, 9.17) is 0 Å². The lowest BCUT2D eigenvalue weighted by Crippen LogP contribution is -3.24. The first-order valence-corrected chi connectivity index (χ1v) is 26.1. The number of hydrogen-bond acceptors (Lipinski definition) is 0. The highest BCUT2D eigenvalue weighted by Crippen LogP contribution is 2.49. The van der Waals surface area contributed by atoms with Crippen LogP contribution in [0.25, 0.3) is 0 Å². The molecule has 0 aromatic heterocycles. The highest BCUT2D eigenvalue weighted by Gasteiger charge is 2.84. The molecular weight excluding hydrogens is 948 g/mol. The Morgan fingerprint density at radius 3 is 1.00 bits per heavy atom. The number of unbranched alkanes of at least 4 members (excludes halogenated alkanes) is 23. The first-order valence-electron chi connectivity index (χ1n) is 26.1. The van der Waals surface area contributed by atoms with Crippen molar-refractivity contribution in [3.05, 3.63) is 29.1 Å². The Balaban J connectivity index is 0.00000135. The van der Waals surface area contributed by atoms with Gasteiger partial charge in [-0.05, 0) is 6.42 Å². The van der Waals surface area contributed by atoms with Crippen LogP contribution in [-0.2, 0) is 6.18 Å². The van der Waals surface area contributed by atoms with E-state index < -0.39 is 88.8 Å². The third kappa shape index (κ3) is 22.4. The molecule has 0 fully saturated rings. The van der Waals surface area contributed by atoms with Crippen molar-refractivity contribution in [1.29, 1.82) is 0 Å². The van der Waals surface area contributed by atoms with Crippen LogP contribution in [0, 0.1) is 17.5 Å². The number of alkyl halides is 14. The third-order valence-electron chi connectivity index (χ3n) is 13.6. The van der Waals surface area contributed by atoms with Gasteiger partial charge in [0.2, 0.25) is 0 Å². The Labute approximate surface area is 402 Å². The molecule has 0 amide bonds. The van der Waals surface area contributed by atoms with Gasteiger partial charge in [-0.1, -0.05) is 208 Å². The molecule has 0 saturated heterocycles. The van der Waals surface area contributed by atoms with Gasteiger partial charge in [-0.3, -0.25) is 0 Å². The summed E-state index contributed by atoms with van der Waals surface area (Å²) in [5, 5.41) is 0. The second-order valence-corrected chi connectivity index (χ2v) is 19.5. The maximum absolute atomic E-state index is 14.6. The predicted octanol–water partition coefficient (Wildman–Crippen LogP) is 20.5. The Morgan fingerprint density at radius 2 is 0.696 bits per heavy atom. The molecule has 19 heteroatoms. The summed E-state index contributed by atoms with van der Waals surface area (Å²) in [6.07, 6.45) is 24.6. The molecule has 0 aliphatic heterocycles. The molecule has 0 aliphatic carbocycles. The molecule has 1 unspecified atom stereocenters. The molecule has 0 spiro atoms. The minimum absolute atomic E-state index is 0.0852. The lowest BCUT2D eigenvalue weighted by atomic mass is 9.17. The molecule has 1 nitrogen and oxygen atoms in total. The van der Waals surface area contributed by atoms with Crippen molar-refractivity contribution in [2.24, 2.45) is 0 Å². The summed E-state index contributed by atoms with van der Waals surface area (Å²) in [5.41, 5.74) is -7.17. The van der Waals surface area contributed by atoms with Crippen LogP contribution in [0.2, 0.25) is 25.3 Å². The summed E-state index contributed by atoms with van der Waals surface area (Å²) in [6, 6.07) is -16.3. The van der Waals surface area contributed by atoms with E-state index in [0.717, 1.165) is 0 Å². The smallest absolute Gasteiger partial charge is 0.203 e.